The number of methoxy groups -OCH3 is 4. The lowest BCUT2D eigenvalue weighted by Gasteiger charge is -2.45. The number of carbonyl (C=O) groups excluding carboxylic acids is 2. The molecule has 10 nitrogen and oxygen atoms in total. The summed E-state index contributed by atoms with van der Waals surface area (Å²) in [6.07, 6.45) is 9.08. The summed E-state index contributed by atoms with van der Waals surface area (Å²) < 4.78 is 23.0. The van der Waals surface area contributed by atoms with Crippen molar-refractivity contribution in [2.75, 3.05) is 93.9 Å². The second-order valence-corrected chi connectivity index (χ2v) is 15.2. The largest absolute Gasteiger partial charge is 0.493 e. The smallest absolute Gasteiger partial charge is 0.227 e. The van der Waals surface area contributed by atoms with Crippen molar-refractivity contribution in [3.63, 3.8) is 0 Å². The van der Waals surface area contributed by atoms with E-state index in [4.69, 9.17) is 18.9 Å². The van der Waals surface area contributed by atoms with Crippen LogP contribution in [0, 0.1) is 11.8 Å². The fraction of sp³-hybridized carbons (Fsp3) is 0.375. The van der Waals surface area contributed by atoms with Crippen molar-refractivity contribution < 1.29 is 28.5 Å². The second-order valence-electron chi connectivity index (χ2n) is 15.2. The van der Waals surface area contributed by atoms with Gasteiger partial charge >= 0.3 is 0 Å². The van der Waals surface area contributed by atoms with E-state index in [9.17, 15) is 0 Å². The number of benzene rings is 4. The number of hydrogen-bond acceptors (Lipinski definition) is 8. The zero-order valence-electron chi connectivity index (χ0n) is 34.2. The summed E-state index contributed by atoms with van der Waals surface area (Å²) >= 11 is 0. The highest BCUT2D eigenvalue weighted by molar-refractivity contribution is 5.90. The molecule has 0 aromatic heterocycles. The van der Waals surface area contributed by atoms with Gasteiger partial charge < -0.3 is 28.7 Å². The molecule has 0 radical (unpaired) electrons. The van der Waals surface area contributed by atoms with E-state index in [-0.39, 0.29) is 11.8 Å². The van der Waals surface area contributed by atoms with Crippen molar-refractivity contribution in [2.45, 2.75) is 12.3 Å². The minimum Gasteiger partial charge on any atom is -0.493 e. The maximum absolute atomic E-state index is 15.3. The number of hydrogen-bond donors (Lipinski definition) is 0. The molecule has 2 saturated heterocycles. The van der Waals surface area contributed by atoms with Gasteiger partial charge in [0.25, 0.3) is 0 Å². The van der Waals surface area contributed by atoms with Crippen LogP contribution in [0.5, 0.6) is 23.0 Å². The number of fused-ring (bicyclic) bond motifs is 1. The Bertz CT molecular complexity index is 2060. The van der Waals surface area contributed by atoms with Crippen LogP contribution in [-0.2, 0) is 16.0 Å². The molecular weight excluding hydrogens is 729 g/mol. The van der Waals surface area contributed by atoms with E-state index in [1.807, 2.05) is 76.5 Å². The van der Waals surface area contributed by atoms with Crippen LogP contribution in [-0.4, -0.2) is 125 Å². The molecule has 0 bridgehead atoms. The molecule has 1 aliphatic carbocycles. The summed E-state index contributed by atoms with van der Waals surface area (Å²) in [7, 11) is 6.48. The van der Waals surface area contributed by atoms with Gasteiger partial charge in [-0.2, -0.15) is 0 Å². The first kappa shape index (κ1) is 40.6. The number of rotatable bonds is 13. The molecule has 2 fully saturated rings. The van der Waals surface area contributed by atoms with E-state index < -0.39 is 17.8 Å². The van der Waals surface area contributed by atoms with Crippen LogP contribution in [0.4, 0.5) is 0 Å². The maximum Gasteiger partial charge on any atom is 0.227 e. The number of piperazine rings is 2. The molecule has 4 aromatic carbocycles. The molecule has 7 rings (SSSR count). The van der Waals surface area contributed by atoms with E-state index in [0.717, 1.165) is 56.0 Å². The molecule has 304 valence electrons. The van der Waals surface area contributed by atoms with Crippen LogP contribution in [0.15, 0.2) is 103 Å². The summed E-state index contributed by atoms with van der Waals surface area (Å²) in [5.74, 6) is 0.655. The molecule has 3 atom stereocenters. The van der Waals surface area contributed by atoms with Crippen molar-refractivity contribution in [1.82, 2.24) is 19.6 Å². The minimum atomic E-state index is -0.660. The number of ether oxygens (including phenoxy) is 4. The molecule has 2 aliphatic heterocycles. The van der Waals surface area contributed by atoms with Crippen LogP contribution in [0.1, 0.15) is 33.7 Å². The van der Waals surface area contributed by atoms with E-state index in [2.05, 4.69) is 58.4 Å². The van der Waals surface area contributed by atoms with Gasteiger partial charge in [0.2, 0.25) is 11.8 Å². The van der Waals surface area contributed by atoms with Crippen molar-refractivity contribution in [3.05, 3.63) is 131 Å². The van der Waals surface area contributed by atoms with Crippen LogP contribution in [0.25, 0.3) is 12.2 Å². The Morgan fingerprint density at radius 3 is 1.57 bits per heavy atom. The van der Waals surface area contributed by atoms with Crippen LogP contribution in [0.3, 0.4) is 0 Å². The predicted octanol–water partition coefficient (Wildman–Crippen LogP) is 6.36. The van der Waals surface area contributed by atoms with Gasteiger partial charge in [0.05, 0.1) is 40.3 Å². The fourth-order valence-electron chi connectivity index (χ4n) is 8.73. The van der Waals surface area contributed by atoms with E-state index >= 15 is 9.59 Å². The second kappa shape index (κ2) is 19.2. The lowest BCUT2D eigenvalue weighted by atomic mass is 9.65. The average molecular weight is 785 g/mol. The SMILES string of the molecule is COc1ccc(C2c3cc(OC)c(OC)cc3CC(C(=O)N3CCN(CC=Cc4ccccc4)CC3)C2C(=O)N2CCN(CC=Cc3ccccc3)CC2)cc1OC. The van der Waals surface area contributed by atoms with Gasteiger partial charge in [-0.15, -0.1) is 0 Å². The van der Waals surface area contributed by atoms with Crippen molar-refractivity contribution in [2.24, 2.45) is 11.8 Å². The molecule has 58 heavy (non-hydrogen) atoms. The molecular formula is C48H56N4O6. The van der Waals surface area contributed by atoms with Gasteiger partial charge in [-0.3, -0.25) is 19.4 Å². The van der Waals surface area contributed by atoms with E-state index in [1.54, 1.807) is 28.4 Å². The first-order valence-corrected chi connectivity index (χ1v) is 20.3. The predicted molar refractivity (Wildman–Crippen MR) is 229 cm³/mol. The molecule has 2 amide bonds. The lowest BCUT2D eigenvalue weighted by molar-refractivity contribution is -0.149. The van der Waals surface area contributed by atoms with Crippen molar-refractivity contribution in [3.8, 4) is 23.0 Å². The molecule has 3 aliphatic rings. The Kier molecular flexibility index (Phi) is 13.5. The zero-order valence-corrected chi connectivity index (χ0v) is 34.2. The first-order chi connectivity index (χ1) is 28.4. The van der Waals surface area contributed by atoms with E-state index in [1.165, 1.54) is 11.1 Å². The molecule has 0 saturated carbocycles. The molecule has 0 spiro atoms. The van der Waals surface area contributed by atoms with Gasteiger partial charge in [-0.05, 0) is 58.5 Å². The fourth-order valence-corrected chi connectivity index (χ4v) is 8.73. The summed E-state index contributed by atoms with van der Waals surface area (Å²) in [5.41, 5.74) is 5.14. The summed E-state index contributed by atoms with van der Waals surface area (Å²) in [6.45, 7) is 7.01. The molecule has 10 heteroatoms. The highest BCUT2D eigenvalue weighted by Gasteiger charge is 2.48. The quantitative estimate of drug-likeness (QED) is 0.155. The van der Waals surface area contributed by atoms with Crippen molar-refractivity contribution >= 4 is 24.0 Å². The van der Waals surface area contributed by atoms with Crippen LogP contribution in [0.2, 0.25) is 0 Å². The average Bonchev–Trinajstić information content (AvgIpc) is 3.28. The maximum atomic E-state index is 15.3. The van der Waals surface area contributed by atoms with Crippen LogP contribution < -0.4 is 18.9 Å². The Hall–Kier alpha value is -5.58. The number of carbonyl (C=O) groups is 2. The monoisotopic (exact) mass is 784 g/mol. The highest BCUT2D eigenvalue weighted by Crippen LogP contribution is 2.49. The van der Waals surface area contributed by atoms with Gasteiger partial charge in [0.1, 0.15) is 0 Å². The first-order valence-electron chi connectivity index (χ1n) is 20.3. The lowest BCUT2D eigenvalue weighted by Crippen LogP contribution is -2.56. The normalized spacial score (nSPS) is 20.2. The molecule has 4 aromatic rings. The van der Waals surface area contributed by atoms with E-state index in [0.29, 0.717) is 55.6 Å². The van der Waals surface area contributed by atoms with Gasteiger partial charge in [0, 0.05) is 71.4 Å². The van der Waals surface area contributed by atoms with Gasteiger partial charge in [-0.1, -0.05) is 91.0 Å². The summed E-state index contributed by atoms with van der Waals surface area (Å²) in [5, 5.41) is 0. The third-order valence-electron chi connectivity index (χ3n) is 11.9. The Balaban J connectivity index is 1.18. The molecule has 0 N–H and O–H groups in total. The number of nitrogens with zero attached hydrogens (tertiary/aromatic N) is 4. The van der Waals surface area contributed by atoms with Crippen LogP contribution >= 0.6 is 0 Å². The molecule has 2 heterocycles. The molecule has 3 unspecified atom stereocenters. The standard InChI is InChI=1S/C48H56N4O6/c1-55-41-20-19-37(32-42(41)56-2)45-39-34-44(58-4)43(57-3)33-38(39)31-40(47(53)51-27-23-49(24-28-51)21-11-17-35-13-7-5-8-14-35)46(45)48(54)52-29-25-50(26-30-52)22-12-18-36-15-9-6-10-16-36/h5-20,32-34,40,45-46H,21-31H2,1-4H3. The topological polar surface area (TPSA) is 84.0 Å². The number of amides is 2. The summed E-state index contributed by atoms with van der Waals surface area (Å²) in [4.78, 5) is 39.0. The third-order valence-corrected chi connectivity index (χ3v) is 11.9. The minimum absolute atomic E-state index is 0.00253. The third kappa shape index (κ3) is 9.24. The zero-order chi connectivity index (χ0) is 40.4. The Labute approximate surface area is 343 Å². The van der Waals surface area contributed by atoms with Gasteiger partial charge in [0.15, 0.2) is 23.0 Å². The Morgan fingerprint density at radius 1 is 0.569 bits per heavy atom. The van der Waals surface area contributed by atoms with Crippen molar-refractivity contribution in [1.29, 1.82) is 0 Å². The summed E-state index contributed by atoms with van der Waals surface area (Å²) in [6, 6.07) is 30.4. The van der Waals surface area contributed by atoms with Gasteiger partial charge in [-0.25, -0.2) is 0 Å². The highest BCUT2D eigenvalue weighted by atomic mass is 16.5. The Morgan fingerprint density at radius 2 is 1.05 bits per heavy atom.